The second kappa shape index (κ2) is 6.47. The van der Waals surface area contributed by atoms with E-state index in [0.29, 0.717) is 6.42 Å². The van der Waals surface area contributed by atoms with Gasteiger partial charge in [0.25, 0.3) is 0 Å². The van der Waals surface area contributed by atoms with Crippen molar-refractivity contribution >= 4 is 16.8 Å². The van der Waals surface area contributed by atoms with Crippen LogP contribution in [0.25, 0.3) is 0 Å². The highest BCUT2D eigenvalue weighted by atomic mass is 32.2. The van der Waals surface area contributed by atoms with Crippen LogP contribution in [-0.2, 0) is 20.3 Å². The average molecular weight is 262 g/mol. The van der Waals surface area contributed by atoms with Crippen LogP contribution in [0.5, 0.6) is 0 Å². The monoisotopic (exact) mass is 262 g/mol. The first kappa shape index (κ1) is 14.6. The Bertz CT molecular complexity index is 284. The number of ether oxygens (including phenoxy) is 1. The molecule has 0 amide bonds. The van der Waals surface area contributed by atoms with Crippen LogP contribution in [0.3, 0.4) is 0 Å². The summed E-state index contributed by atoms with van der Waals surface area (Å²) >= 11 is 0. The van der Waals surface area contributed by atoms with E-state index in [1.54, 1.807) is 6.92 Å². The molecule has 0 aliphatic carbocycles. The molecule has 1 rings (SSSR count). The quantitative estimate of drug-likeness (QED) is 0.690. The average Bonchev–Trinajstić information content (AvgIpc) is 2.30. The van der Waals surface area contributed by atoms with E-state index in [1.807, 2.05) is 0 Å². The van der Waals surface area contributed by atoms with Crippen LogP contribution in [-0.4, -0.2) is 58.9 Å². The summed E-state index contributed by atoms with van der Waals surface area (Å²) in [5.74, 6) is 1.16. The van der Waals surface area contributed by atoms with Crippen LogP contribution < -0.4 is 5.73 Å². The lowest BCUT2D eigenvalue weighted by molar-refractivity contribution is -0.146. The molecule has 0 saturated carbocycles. The SMILES string of the molecule is COC(=O)C(C)(N)CCCN1CCS(=O)CC1. The van der Waals surface area contributed by atoms with Gasteiger partial charge in [-0.25, -0.2) is 0 Å². The minimum absolute atomic E-state index is 0.364. The molecule has 17 heavy (non-hydrogen) atoms. The lowest BCUT2D eigenvalue weighted by Crippen LogP contribution is -2.46. The van der Waals surface area contributed by atoms with Crippen molar-refractivity contribution in [3.05, 3.63) is 0 Å². The number of carbonyl (C=O) groups excluding carboxylic acids is 1. The smallest absolute Gasteiger partial charge is 0.325 e. The molecule has 1 fully saturated rings. The van der Waals surface area contributed by atoms with Crippen LogP contribution in [0.4, 0.5) is 0 Å². The summed E-state index contributed by atoms with van der Waals surface area (Å²) < 4.78 is 15.8. The number of hydrogen-bond acceptors (Lipinski definition) is 5. The third kappa shape index (κ3) is 4.73. The predicted molar refractivity (Wildman–Crippen MR) is 68.2 cm³/mol. The first-order chi connectivity index (χ1) is 7.95. The zero-order valence-corrected chi connectivity index (χ0v) is 11.4. The molecule has 0 spiro atoms. The van der Waals surface area contributed by atoms with Gasteiger partial charge in [-0.1, -0.05) is 0 Å². The molecule has 0 aromatic rings. The lowest BCUT2D eigenvalue weighted by atomic mass is 9.97. The molecule has 1 saturated heterocycles. The van der Waals surface area contributed by atoms with Gasteiger partial charge in [-0.3, -0.25) is 9.00 Å². The topological polar surface area (TPSA) is 72.6 Å². The molecular formula is C11H22N2O3S. The maximum Gasteiger partial charge on any atom is 0.325 e. The van der Waals surface area contributed by atoms with E-state index >= 15 is 0 Å². The van der Waals surface area contributed by atoms with Crippen molar-refractivity contribution in [2.24, 2.45) is 5.73 Å². The van der Waals surface area contributed by atoms with Gasteiger partial charge in [0.2, 0.25) is 0 Å². The van der Waals surface area contributed by atoms with Crippen LogP contribution in [0, 0.1) is 0 Å². The summed E-state index contributed by atoms with van der Waals surface area (Å²) in [6.07, 6.45) is 1.47. The Kier molecular flexibility index (Phi) is 5.55. The fourth-order valence-corrected chi connectivity index (χ4v) is 3.03. The molecule has 0 bridgehead atoms. The molecular weight excluding hydrogens is 240 g/mol. The van der Waals surface area contributed by atoms with Crippen molar-refractivity contribution in [1.82, 2.24) is 4.90 Å². The maximum atomic E-state index is 11.4. The van der Waals surface area contributed by atoms with Gasteiger partial charge in [-0.05, 0) is 26.3 Å². The number of rotatable bonds is 5. The number of carbonyl (C=O) groups is 1. The van der Waals surface area contributed by atoms with Gasteiger partial charge >= 0.3 is 5.97 Å². The molecule has 1 aliphatic heterocycles. The fourth-order valence-electron chi connectivity index (χ4n) is 1.90. The van der Waals surface area contributed by atoms with E-state index < -0.39 is 16.3 Å². The fraction of sp³-hybridized carbons (Fsp3) is 0.909. The standard InChI is InChI=1S/C11H22N2O3S/c1-11(12,10(14)16-2)4-3-5-13-6-8-17(15)9-7-13/h3-9,12H2,1-2H3. The zero-order valence-electron chi connectivity index (χ0n) is 10.6. The molecule has 0 aromatic heterocycles. The molecule has 1 heterocycles. The van der Waals surface area contributed by atoms with Gasteiger partial charge in [0.05, 0.1) is 7.11 Å². The number of nitrogens with zero attached hydrogens (tertiary/aromatic N) is 1. The molecule has 1 atom stereocenters. The highest BCUT2D eigenvalue weighted by Gasteiger charge is 2.29. The Balaban J connectivity index is 2.23. The summed E-state index contributed by atoms with van der Waals surface area (Å²) in [5.41, 5.74) is 4.97. The minimum atomic E-state index is -0.895. The molecule has 0 radical (unpaired) electrons. The highest BCUT2D eigenvalue weighted by Crippen LogP contribution is 2.12. The van der Waals surface area contributed by atoms with E-state index in [4.69, 9.17) is 5.73 Å². The Labute approximate surface area is 105 Å². The van der Waals surface area contributed by atoms with Gasteiger partial charge in [-0.15, -0.1) is 0 Å². The van der Waals surface area contributed by atoms with Gasteiger partial charge < -0.3 is 15.4 Å². The second-order valence-corrected chi connectivity index (χ2v) is 6.40. The van der Waals surface area contributed by atoms with E-state index in [9.17, 15) is 9.00 Å². The Morgan fingerprint density at radius 1 is 1.47 bits per heavy atom. The van der Waals surface area contributed by atoms with Crippen molar-refractivity contribution in [2.45, 2.75) is 25.3 Å². The predicted octanol–water partition coefficient (Wildman–Crippen LogP) is -0.279. The van der Waals surface area contributed by atoms with E-state index in [0.717, 1.165) is 37.6 Å². The van der Waals surface area contributed by atoms with Gasteiger partial charge in [0.1, 0.15) is 5.54 Å². The third-order valence-electron chi connectivity index (χ3n) is 3.09. The molecule has 1 unspecified atom stereocenters. The van der Waals surface area contributed by atoms with Crippen LogP contribution in [0.1, 0.15) is 19.8 Å². The van der Waals surface area contributed by atoms with Crippen LogP contribution >= 0.6 is 0 Å². The Morgan fingerprint density at radius 3 is 2.59 bits per heavy atom. The normalized spacial score (nSPS) is 22.1. The summed E-state index contributed by atoms with van der Waals surface area (Å²) in [5, 5.41) is 0. The van der Waals surface area contributed by atoms with E-state index in [1.165, 1.54) is 7.11 Å². The summed E-state index contributed by atoms with van der Waals surface area (Å²) in [4.78, 5) is 13.6. The summed E-state index contributed by atoms with van der Waals surface area (Å²) in [6.45, 7) is 4.36. The van der Waals surface area contributed by atoms with Crippen molar-refractivity contribution < 1.29 is 13.7 Å². The third-order valence-corrected chi connectivity index (χ3v) is 4.37. The Morgan fingerprint density at radius 2 is 2.06 bits per heavy atom. The molecule has 1 aliphatic rings. The van der Waals surface area contributed by atoms with Gasteiger partial charge in [0, 0.05) is 35.4 Å². The van der Waals surface area contributed by atoms with E-state index in [-0.39, 0.29) is 5.97 Å². The van der Waals surface area contributed by atoms with Gasteiger partial charge in [-0.2, -0.15) is 0 Å². The van der Waals surface area contributed by atoms with Crippen molar-refractivity contribution in [1.29, 1.82) is 0 Å². The highest BCUT2D eigenvalue weighted by molar-refractivity contribution is 7.85. The van der Waals surface area contributed by atoms with Crippen LogP contribution in [0.15, 0.2) is 0 Å². The van der Waals surface area contributed by atoms with Crippen LogP contribution in [0.2, 0.25) is 0 Å². The second-order valence-electron chi connectivity index (χ2n) is 4.70. The first-order valence-electron chi connectivity index (χ1n) is 5.90. The van der Waals surface area contributed by atoms with Crippen molar-refractivity contribution in [2.75, 3.05) is 38.2 Å². The molecule has 0 aromatic carbocycles. The van der Waals surface area contributed by atoms with E-state index in [2.05, 4.69) is 9.64 Å². The number of nitrogens with two attached hydrogens (primary N) is 1. The molecule has 6 heteroatoms. The largest absolute Gasteiger partial charge is 0.468 e. The summed E-state index contributed by atoms with van der Waals surface area (Å²) in [6, 6.07) is 0. The zero-order chi connectivity index (χ0) is 12.9. The number of esters is 1. The van der Waals surface area contributed by atoms with Crippen molar-refractivity contribution in [3.63, 3.8) is 0 Å². The first-order valence-corrected chi connectivity index (χ1v) is 7.39. The Hall–Kier alpha value is -0.460. The van der Waals surface area contributed by atoms with Gasteiger partial charge in [0.15, 0.2) is 0 Å². The van der Waals surface area contributed by atoms with Crippen molar-refractivity contribution in [3.8, 4) is 0 Å². The molecule has 100 valence electrons. The minimum Gasteiger partial charge on any atom is -0.468 e. The lowest BCUT2D eigenvalue weighted by Gasteiger charge is -2.27. The summed E-state index contributed by atoms with van der Waals surface area (Å²) in [7, 11) is 0.722. The number of hydrogen-bond donors (Lipinski definition) is 1. The molecule has 5 nitrogen and oxygen atoms in total. The number of methoxy groups -OCH3 is 1. The molecule has 2 N–H and O–H groups in total. The maximum absolute atomic E-state index is 11.4.